The molecule has 0 atom stereocenters. The highest BCUT2D eigenvalue weighted by atomic mass is 32.2. The van der Waals surface area contributed by atoms with Crippen LogP contribution in [0.1, 0.15) is 33.1 Å². The van der Waals surface area contributed by atoms with Gasteiger partial charge < -0.3 is 9.64 Å². The third-order valence-electron chi connectivity index (χ3n) is 3.65. The average molecular weight is 270 g/mol. The van der Waals surface area contributed by atoms with Gasteiger partial charge in [0, 0.05) is 20.2 Å². The monoisotopic (exact) mass is 270 g/mol. The molecule has 1 fully saturated rings. The minimum atomic E-state index is -0.416. The summed E-state index contributed by atoms with van der Waals surface area (Å²) in [6.07, 6.45) is 3.87. The van der Waals surface area contributed by atoms with Crippen molar-refractivity contribution in [1.29, 1.82) is 5.26 Å². The molecule has 1 aliphatic heterocycles. The van der Waals surface area contributed by atoms with Crippen molar-refractivity contribution in [2.24, 2.45) is 0 Å². The van der Waals surface area contributed by atoms with E-state index in [1.54, 1.807) is 18.9 Å². The van der Waals surface area contributed by atoms with Gasteiger partial charge in [-0.3, -0.25) is 4.79 Å². The lowest BCUT2D eigenvalue weighted by molar-refractivity contribution is -0.137. The average Bonchev–Trinajstić information content (AvgIpc) is 2.38. The number of hydrogen-bond acceptors (Lipinski definition) is 4. The second-order valence-electron chi connectivity index (χ2n) is 5.33. The molecule has 0 saturated carbocycles. The molecule has 0 N–H and O–H groups in total. The highest BCUT2D eigenvalue weighted by Crippen LogP contribution is 2.34. The van der Waals surface area contributed by atoms with Gasteiger partial charge in [0.1, 0.15) is 4.75 Å². The predicted octanol–water partition coefficient (Wildman–Crippen LogP) is 2.05. The number of ether oxygens (including phenoxy) is 1. The minimum Gasteiger partial charge on any atom is -0.378 e. The Hall–Kier alpha value is -0.730. The van der Waals surface area contributed by atoms with Gasteiger partial charge in [-0.2, -0.15) is 5.26 Å². The van der Waals surface area contributed by atoms with Crippen LogP contribution in [0.5, 0.6) is 0 Å². The molecule has 4 nitrogen and oxygen atoms in total. The fourth-order valence-electron chi connectivity index (χ4n) is 2.03. The minimum absolute atomic E-state index is 0.120. The Bertz CT molecular complexity index is 341. The molecule has 0 aromatic rings. The molecular formula is C13H22N2O2S. The highest BCUT2D eigenvalue weighted by molar-refractivity contribution is 8.00. The number of rotatable bonds is 4. The third kappa shape index (κ3) is 3.63. The molecule has 102 valence electrons. The maximum absolute atomic E-state index is 12.1. The molecular weight excluding hydrogens is 248 g/mol. The molecule has 0 aromatic heterocycles. The Balaban J connectivity index is 2.54. The second-order valence-corrected chi connectivity index (χ2v) is 6.52. The van der Waals surface area contributed by atoms with E-state index in [4.69, 9.17) is 4.74 Å². The van der Waals surface area contributed by atoms with Crippen LogP contribution >= 0.6 is 11.8 Å². The van der Waals surface area contributed by atoms with Gasteiger partial charge in [0.15, 0.2) is 0 Å². The summed E-state index contributed by atoms with van der Waals surface area (Å²) >= 11 is 1.60. The van der Waals surface area contributed by atoms with E-state index in [0.29, 0.717) is 19.5 Å². The molecule has 5 heteroatoms. The van der Waals surface area contributed by atoms with Crippen LogP contribution in [0.2, 0.25) is 0 Å². The van der Waals surface area contributed by atoms with Gasteiger partial charge in [0.2, 0.25) is 5.91 Å². The van der Waals surface area contributed by atoms with Gasteiger partial charge in [-0.25, -0.2) is 0 Å². The first-order valence-electron chi connectivity index (χ1n) is 6.17. The number of carbonyl (C=O) groups is 1. The van der Waals surface area contributed by atoms with E-state index in [0.717, 1.165) is 12.8 Å². The number of piperidine rings is 1. The first-order valence-corrected chi connectivity index (χ1v) is 7.40. The Labute approximate surface area is 114 Å². The zero-order valence-electron chi connectivity index (χ0n) is 11.7. The molecule has 0 bridgehead atoms. The zero-order chi connectivity index (χ0) is 13.8. The highest BCUT2D eigenvalue weighted by Gasteiger charge is 2.36. The summed E-state index contributed by atoms with van der Waals surface area (Å²) < 4.78 is 4.98. The van der Waals surface area contributed by atoms with E-state index in [1.807, 2.05) is 25.0 Å². The number of amides is 1. The summed E-state index contributed by atoms with van der Waals surface area (Å²) in [6.45, 7) is 5.17. The molecule has 1 saturated heterocycles. The fraction of sp³-hybridized carbons (Fsp3) is 0.846. The number of methoxy groups -OCH3 is 1. The lowest BCUT2D eigenvalue weighted by atomic mass is 9.96. The van der Waals surface area contributed by atoms with Crippen molar-refractivity contribution >= 4 is 17.7 Å². The number of likely N-dealkylation sites (tertiary alicyclic amines) is 1. The topological polar surface area (TPSA) is 53.3 Å². The van der Waals surface area contributed by atoms with E-state index in [9.17, 15) is 10.1 Å². The fourth-order valence-corrected chi connectivity index (χ4v) is 2.71. The number of carbonyl (C=O) groups excluding carboxylic acids is 1. The van der Waals surface area contributed by atoms with Crippen LogP contribution in [-0.4, -0.2) is 47.6 Å². The summed E-state index contributed by atoms with van der Waals surface area (Å²) in [7, 11) is 1.62. The lowest BCUT2D eigenvalue weighted by Gasteiger charge is -2.37. The standard InChI is InChI=1S/C13H22N2O2S/c1-12(2,17-3)9-11(16)15-7-5-13(10-14,18-4)6-8-15/h5-9H2,1-4H3. The first-order chi connectivity index (χ1) is 8.38. The maximum Gasteiger partial charge on any atom is 0.225 e. The van der Waals surface area contributed by atoms with Crippen molar-refractivity contribution < 1.29 is 9.53 Å². The van der Waals surface area contributed by atoms with E-state index in [2.05, 4.69) is 6.07 Å². The van der Waals surface area contributed by atoms with E-state index in [1.165, 1.54) is 0 Å². The molecule has 0 aliphatic carbocycles. The van der Waals surface area contributed by atoms with Crippen LogP contribution in [0.3, 0.4) is 0 Å². The summed E-state index contributed by atoms with van der Waals surface area (Å²) in [4.78, 5) is 14.0. The van der Waals surface area contributed by atoms with Crippen molar-refractivity contribution in [2.45, 2.75) is 43.5 Å². The van der Waals surface area contributed by atoms with Crippen molar-refractivity contribution in [3.8, 4) is 6.07 Å². The quantitative estimate of drug-likeness (QED) is 0.784. The van der Waals surface area contributed by atoms with Gasteiger partial charge >= 0.3 is 0 Å². The largest absolute Gasteiger partial charge is 0.378 e. The predicted molar refractivity (Wildman–Crippen MR) is 73.4 cm³/mol. The zero-order valence-corrected chi connectivity index (χ0v) is 12.5. The Morgan fingerprint density at radius 1 is 1.50 bits per heavy atom. The lowest BCUT2D eigenvalue weighted by Crippen LogP contribution is -2.46. The van der Waals surface area contributed by atoms with E-state index >= 15 is 0 Å². The van der Waals surface area contributed by atoms with E-state index in [-0.39, 0.29) is 10.7 Å². The summed E-state index contributed by atoms with van der Waals surface area (Å²) in [5.74, 6) is 0.120. The molecule has 1 amide bonds. The second kappa shape index (κ2) is 5.94. The molecule has 18 heavy (non-hydrogen) atoms. The van der Waals surface area contributed by atoms with Crippen molar-refractivity contribution in [3.05, 3.63) is 0 Å². The van der Waals surface area contributed by atoms with Crippen LogP contribution < -0.4 is 0 Å². The van der Waals surface area contributed by atoms with Crippen LogP contribution in [0.15, 0.2) is 0 Å². The summed E-state index contributed by atoms with van der Waals surface area (Å²) in [5, 5.41) is 9.20. The van der Waals surface area contributed by atoms with Crippen LogP contribution in [0.25, 0.3) is 0 Å². The number of thioether (sulfide) groups is 1. The smallest absolute Gasteiger partial charge is 0.225 e. The van der Waals surface area contributed by atoms with Crippen molar-refractivity contribution in [1.82, 2.24) is 4.90 Å². The molecule has 1 heterocycles. The SMILES string of the molecule is COC(C)(C)CC(=O)N1CCC(C#N)(SC)CC1. The van der Waals surface area contributed by atoms with Gasteiger partial charge in [-0.05, 0) is 32.9 Å². The normalized spacial score (nSPS) is 19.4. The molecule has 0 spiro atoms. The van der Waals surface area contributed by atoms with Crippen molar-refractivity contribution in [3.63, 3.8) is 0 Å². The first kappa shape index (κ1) is 15.3. The number of nitrogens with zero attached hydrogens (tertiary/aromatic N) is 2. The van der Waals surface area contributed by atoms with Crippen LogP contribution in [0.4, 0.5) is 0 Å². The Kier molecular flexibility index (Phi) is 5.06. The Morgan fingerprint density at radius 2 is 2.06 bits per heavy atom. The van der Waals surface area contributed by atoms with Gasteiger partial charge in [-0.1, -0.05) is 0 Å². The Morgan fingerprint density at radius 3 is 2.44 bits per heavy atom. The van der Waals surface area contributed by atoms with Gasteiger partial charge in [-0.15, -0.1) is 11.8 Å². The van der Waals surface area contributed by atoms with Crippen molar-refractivity contribution in [2.75, 3.05) is 26.5 Å². The summed E-state index contributed by atoms with van der Waals surface area (Å²) in [6, 6.07) is 2.39. The molecule has 1 rings (SSSR count). The van der Waals surface area contributed by atoms with Gasteiger partial charge in [0.05, 0.1) is 18.1 Å². The van der Waals surface area contributed by atoms with Gasteiger partial charge in [0.25, 0.3) is 0 Å². The van der Waals surface area contributed by atoms with E-state index < -0.39 is 5.60 Å². The molecule has 0 aromatic carbocycles. The number of hydrogen-bond donors (Lipinski definition) is 0. The molecule has 1 aliphatic rings. The third-order valence-corrected chi connectivity index (χ3v) is 4.93. The molecule has 0 radical (unpaired) electrons. The molecule has 0 unspecified atom stereocenters. The maximum atomic E-state index is 12.1. The number of nitriles is 1. The van der Waals surface area contributed by atoms with Crippen LogP contribution in [0, 0.1) is 11.3 Å². The van der Waals surface area contributed by atoms with Crippen LogP contribution in [-0.2, 0) is 9.53 Å². The summed E-state index contributed by atoms with van der Waals surface area (Å²) in [5.41, 5.74) is -0.416.